The molecule has 0 atom stereocenters. The van der Waals surface area contributed by atoms with Gasteiger partial charge in [0.15, 0.2) is 0 Å². The van der Waals surface area contributed by atoms with E-state index in [4.69, 9.17) is 9.84 Å². The number of hydrogen-bond donors (Lipinski definition) is 1. The Morgan fingerprint density at radius 2 is 1.36 bits per heavy atom. The van der Waals surface area contributed by atoms with Crippen LogP contribution in [0.25, 0.3) is 11.1 Å². The van der Waals surface area contributed by atoms with Crippen LogP contribution in [-0.2, 0) is 0 Å². The molecule has 0 aliphatic carbocycles. The standard InChI is InChI=1S/C25H28O2S/c1-16-6-8-18(3)22(12-16)23-13-17(2)7-9-24(23)28-21-14-19(4)25(20(5)15-21)27-11-10-26/h6-9,12-15,26H,10-11H2,1-5H3. The lowest BCUT2D eigenvalue weighted by Crippen LogP contribution is -2.04. The van der Waals surface area contributed by atoms with Crippen LogP contribution in [0.1, 0.15) is 27.8 Å². The summed E-state index contributed by atoms with van der Waals surface area (Å²) in [6.45, 7) is 10.9. The third-order valence-electron chi connectivity index (χ3n) is 4.82. The normalized spacial score (nSPS) is 10.9. The zero-order chi connectivity index (χ0) is 20.3. The minimum atomic E-state index is 0.0257. The molecule has 0 aromatic heterocycles. The second-order valence-corrected chi connectivity index (χ2v) is 8.49. The van der Waals surface area contributed by atoms with Crippen LogP contribution < -0.4 is 4.74 Å². The van der Waals surface area contributed by atoms with Crippen LogP contribution in [0.4, 0.5) is 0 Å². The van der Waals surface area contributed by atoms with Gasteiger partial charge in [0, 0.05) is 9.79 Å². The fraction of sp³-hybridized carbons (Fsp3) is 0.280. The summed E-state index contributed by atoms with van der Waals surface area (Å²) in [5, 5.41) is 9.03. The summed E-state index contributed by atoms with van der Waals surface area (Å²) in [6, 6.07) is 17.6. The molecule has 3 aromatic rings. The van der Waals surface area contributed by atoms with Crippen LogP contribution in [0.5, 0.6) is 5.75 Å². The van der Waals surface area contributed by atoms with E-state index in [1.54, 1.807) is 11.8 Å². The highest BCUT2D eigenvalue weighted by Crippen LogP contribution is 2.40. The predicted octanol–water partition coefficient (Wildman–Crippen LogP) is 6.42. The highest BCUT2D eigenvalue weighted by atomic mass is 32.2. The van der Waals surface area contributed by atoms with Gasteiger partial charge in [-0.05, 0) is 80.6 Å². The van der Waals surface area contributed by atoms with E-state index in [1.165, 1.54) is 37.6 Å². The molecule has 1 N–H and O–H groups in total. The smallest absolute Gasteiger partial charge is 0.125 e. The van der Waals surface area contributed by atoms with Gasteiger partial charge in [0.1, 0.15) is 12.4 Å². The van der Waals surface area contributed by atoms with E-state index in [-0.39, 0.29) is 6.61 Å². The zero-order valence-electron chi connectivity index (χ0n) is 17.3. The Bertz CT molecular complexity index is 969. The maximum Gasteiger partial charge on any atom is 0.125 e. The van der Waals surface area contributed by atoms with Gasteiger partial charge in [0.05, 0.1) is 6.61 Å². The third kappa shape index (κ3) is 4.60. The molecule has 0 amide bonds. The van der Waals surface area contributed by atoms with Crippen LogP contribution >= 0.6 is 11.8 Å². The van der Waals surface area contributed by atoms with Crippen molar-refractivity contribution in [3.8, 4) is 16.9 Å². The van der Waals surface area contributed by atoms with Crippen LogP contribution in [0, 0.1) is 34.6 Å². The number of aliphatic hydroxyl groups excluding tert-OH is 1. The summed E-state index contributed by atoms with van der Waals surface area (Å²) in [6.07, 6.45) is 0. The first-order valence-electron chi connectivity index (χ1n) is 9.60. The van der Waals surface area contributed by atoms with Gasteiger partial charge in [-0.1, -0.05) is 53.2 Å². The van der Waals surface area contributed by atoms with Gasteiger partial charge in [0.25, 0.3) is 0 Å². The van der Waals surface area contributed by atoms with Crippen LogP contribution in [0.2, 0.25) is 0 Å². The van der Waals surface area contributed by atoms with Crippen molar-refractivity contribution < 1.29 is 9.84 Å². The Morgan fingerprint density at radius 3 is 2.00 bits per heavy atom. The fourth-order valence-electron chi connectivity index (χ4n) is 3.44. The van der Waals surface area contributed by atoms with E-state index in [1.807, 2.05) is 0 Å². The van der Waals surface area contributed by atoms with Crippen molar-refractivity contribution in [1.82, 2.24) is 0 Å². The van der Waals surface area contributed by atoms with E-state index in [9.17, 15) is 0 Å². The second kappa shape index (κ2) is 8.85. The molecule has 0 aliphatic rings. The molecule has 0 unspecified atom stereocenters. The van der Waals surface area contributed by atoms with Crippen molar-refractivity contribution in [1.29, 1.82) is 0 Å². The molecule has 146 valence electrons. The Morgan fingerprint density at radius 1 is 0.750 bits per heavy atom. The van der Waals surface area contributed by atoms with Crippen LogP contribution in [0.15, 0.2) is 58.3 Å². The maximum absolute atomic E-state index is 9.03. The lowest BCUT2D eigenvalue weighted by Gasteiger charge is -2.16. The molecule has 0 spiro atoms. The summed E-state index contributed by atoms with van der Waals surface area (Å²) < 4.78 is 5.70. The van der Waals surface area contributed by atoms with Gasteiger partial charge in [-0.3, -0.25) is 0 Å². The molecular formula is C25H28O2S. The van der Waals surface area contributed by atoms with Crippen molar-refractivity contribution in [2.45, 2.75) is 44.4 Å². The van der Waals surface area contributed by atoms with Gasteiger partial charge < -0.3 is 9.84 Å². The quantitative estimate of drug-likeness (QED) is 0.525. The van der Waals surface area contributed by atoms with E-state index in [0.717, 1.165) is 16.9 Å². The Balaban J connectivity index is 2.01. The minimum Gasteiger partial charge on any atom is -0.491 e. The van der Waals surface area contributed by atoms with Gasteiger partial charge in [-0.25, -0.2) is 0 Å². The van der Waals surface area contributed by atoms with Gasteiger partial charge in [-0.2, -0.15) is 0 Å². The molecule has 0 heterocycles. The van der Waals surface area contributed by atoms with Crippen LogP contribution in [0.3, 0.4) is 0 Å². The summed E-state index contributed by atoms with van der Waals surface area (Å²) in [5.41, 5.74) is 8.59. The molecule has 0 radical (unpaired) electrons. The first-order chi connectivity index (χ1) is 13.4. The minimum absolute atomic E-state index is 0.0257. The Hall–Kier alpha value is -2.23. The molecule has 3 heteroatoms. The average molecular weight is 393 g/mol. The average Bonchev–Trinajstić information content (AvgIpc) is 2.64. The first kappa shape index (κ1) is 20.5. The van der Waals surface area contributed by atoms with Gasteiger partial charge in [-0.15, -0.1) is 0 Å². The van der Waals surface area contributed by atoms with Crippen molar-refractivity contribution >= 4 is 11.8 Å². The predicted molar refractivity (Wildman–Crippen MR) is 119 cm³/mol. The number of aliphatic hydroxyl groups is 1. The Kier molecular flexibility index (Phi) is 6.48. The van der Waals surface area contributed by atoms with Crippen LogP contribution in [-0.4, -0.2) is 18.3 Å². The first-order valence-corrected chi connectivity index (χ1v) is 10.4. The molecule has 28 heavy (non-hydrogen) atoms. The molecule has 3 rings (SSSR count). The number of hydrogen-bond acceptors (Lipinski definition) is 3. The molecule has 0 bridgehead atoms. The number of ether oxygens (including phenoxy) is 1. The van der Waals surface area contributed by atoms with E-state index in [2.05, 4.69) is 83.1 Å². The van der Waals surface area contributed by atoms with Crippen molar-refractivity contribution in [2.75, 3.05) is 13.2 Å². The summed E-state index contributed by atoms with van der Waals surface area (Å²) >= 11 is 1.79. The number of aryl methyl sites for hydroxylation is 5. The summed E-state index contributed by atoms with van der Waals surface area (Å²) in [4.78, 5) is 2.45. The number of benzene rings is 3. The van der Waals surface area contributed by atoms with Gasteiger partial charge in [0.2, 0.25) is 0 Å². The molecule has 0 saturated heterocycles. The van der Waals surface area contributed by atoms with Crippen molar-refractivity contribution in [3.63, 3.8) is 0 Å². The lowest BCUT2D eigenvalue weighted by atomic mass is 9.97. The molecular weight excluding hydrogens is 364 g/mol. The van der Waals surface area contributed by atoms with Crippen molar-refractivity contribution in [3.05, 3.63) is 76.3 Å². The highest BCUT2D eigenvalue weighted by molar-refractivity contribution is 7.99. The molecule has 0 aliphatic heterocycles. The molecule has 0 fully saturated rings. The maximum atomic E-state index is 9.03. The van der Waals surface area contributed by atoms with E-state index >= 15 is 0 Å². The molecule has 2 nitrogen and oxygen atoms in total. The monoisotopic (exact) mass is 392 g/mol. The fourth-order valence-corrected chi connectivity index (χ4v) is 4.58. The SMILES string of the molecule is Cc1ccc(C)c(-c2cc(C)ccc2Sc2cc(C)c(OCCO)c(C)c2)c1. The van der Waals surface area contributed by atoms with Crippen molar-refractivity contribution in [2.24, 2.45) is 0 Å². The zero-order valence-corrected chi connectivity index (χ0v) is 18.1. The largest absolute Gasteiger partial charge is 0.491 e. The summed E-state index contributed by atoms with van der Waals surface area (Å²) in [5.74, 6) is 0.872. The lowest BCUT2D eigenvalue weighted by molar-refractivity contribution is 0.200. The van der Waals surface area contributed by atoms with E-state index < -0.39 is 0 Å². The number of rotatable bonds is 6. The Labute approximate surface area is 172 Å². The highest BCUT2D eigenvalue weighted by Gasteiger charge is 2.12. The summed E-state index contributed by atoms with van der Waals surface area (Å²) in [7, 11) is 0. The van der Waals surface area contributed by atoms with Gasteiger partial charge >= 0.3 is 0 Å². The topological polar surface area (TPSA) is 29.5 Å². The third-order valence-corrected chi connectivity index (χ3v) is 5.86. The second-order valence-electron chi connectivity index (χ2n) is 7.38. The molecule has 3 aromatic carbocycles. The van der Waals surface area contributed by atoms with E-state index in [0.29, 0.717) is 6.61 Å². The molecule has 0 saturated carbocycles.